The van der Waals surface area contributed by atoms with Crippen LogP contribution in [0.3, 0.4) is 0 Å². The fourth-order valence-electron chi connectivity index (χ4n) is 3.36. The lowest BCUT2D eigenvalue weighted by Gasteiger charge is -2.09. The average molecular weight is 411 g/mol. The van der Waals surface area contributed by atoms with E-state index in [0.717, 1.165) is 11.3 Å². The Morgan fingerprint density at radius 2 is 1.87 bits per heavy atom. The van der Waals surface area contributed by atoms with Crippen LogP contribution in [0.4, 0.5) is 5.69 Å². The molecule has 5 aromatic rings. The molecule has 0 spiro atoms. The highest BCUT2D eigenvalue weighted by molar-refractivity contribution is 6.11. The average Bonchev–Trinajstić information content (AvgIpc) is 3.21. The van der Waals surface area contributed by atoms with Crippen molar-refractivity contribution in [3.05, 3.63) is 101 Å². The fourth-order valence-corrected chi connectivity index (χ4v) is 3.36. The number of aromatic amines is 1. The summed E-state index contributed by atoms with van der Waals surface area (Å²) in [6, 6.07) is 19.7. The first-order valence-electron chi connectivity index (χ1n) is 9.62. The van der Waals surface area contributed by atoms with E-state index in [9.17, 15) is 9.59 Å². The molecule has 0 atom stereocenters. The van der Waals surface area contributed by atoms with Gasteiger partial charge in [0.2, 0.25) is 0 Å². The van der Waals surface area contributed by atoms with Gasteiger partial charge < -0.3 is 14.5 Å². The zero-order chi connectivity index (χ0) is 21.2. The van der Waals surface area contributed by atoms with Gasteiger partial charge in [-0.2, -0.15) is 5.10 Å². The Balaban J connectivity index is 1.33. The minimum atomic E-state index is -0.426. The predicted molar refractivity (Wildman–Crippen MR) is 116 cm³/mol. The number of nitrogens with zero attached hydrogens (tertiary/aromatic N) is 3. The van der Waals surface area contributed by atoms with Gasteiger partial charge >= 0.3 is 0 Å². The van der Waals surface area contributed by atoms with Gasteiger partial charge in [-0.1, -0.05) is 30.3 Å². The second-order valence-electron chi connectivity index (χ2n) is 6.92. The molecule has 0 aliphatic carbocycles. The van der Waals surface area contributed by atoms with Crippen LogP contribution >= 0.6 is 0 Å². The lowest BCUT2D eigenvalue weighted by molar-refractivity contribution is 0.102. The van der Waals surface area contributed by atoms with Crippen molar-refractivity contribution in [2.45, 2.75) is 6.61 Å². The second-order valence-corrected chi connectivity index (χ2v) is 6.92. The molecule has 8 nitrogen and oxygen atoms in total. The quantitative estimate of drug-likeness (QED) is 0.462. The van der Waals surface area contributed by atoms with Crippen molar-refractivity contribution < 1.29 is 9.53 Å². The summed E-state index contributed by atoms with van der Waals surface area (Å²) < 4.78 is 7.77. The van der Waals surface area contributed by atoms with Crippen LogP contribution in [-0.2, 0) is 6.61 Å². The minimum absolute atomic E-state index is 0.145. The van der Waals surface area contributed by atoms with Gasteiger partial charge in [0, 0.05) is 29.5 Å². The molecule has 3 heterocycles. The third-order valence-corrected chi connectivity index (χ3v) is 4.80. The van der Waals surface area contributed by atoms with Crippen molar-refractivity contribution in [3.63, 3.8) is 0 Å². The lowest BCUT2D eigenvalue weighted by atomic mass is 10.1. The first kappa shape index (κ1) is 18.6. The summed E-state index contributed by atoms with van der Waals surface area (Å²) in [5.74, 6) is 0.166. The molecule has 0 saturated carbocycles. The van der Waals surface area contributed by atoms with Crippen molar-refractivity contribution in [2.24, 2.45) is 0 Å². The Morgan fingerprint density at radius 3 is 2.74 bits per heavy atom. The van der Waals surface area contributed by atoms with Gasteiger partial charge in [0.1, 0.15) is 18.0 Å². The van der Waals surface area contributed by atoms with Crippen LogP contribution in [-0.4, -0.2) is 25.5 Å². The molecule has 5 rings (SSSR count). The normalized spacial score (nSPS) is 11.0. The monoisotopic (exact) mass is 411 g/mol. The molecule has 0 bridgehead atoms. The number of carbonyl (C=O) groups excluding carboxylic acids is 1. The summed E-state index contributed by atoms with van der Waals surface area (Å²) in [7, 11) is 0. The molecule has 31 heavy (non-hydrogen) atoms. The number of hydrogen-bond donors (Lipinski definition) is 2. The maximum absolute atomic E-state index is 12.8. The molecule has 2 aromatic carbocycles. The maximum Gasteiger partial charge on any atom is 0.276 e. The first-order valence-corrected chi connectivity index (χ1v) is 9.62. The van der Waals surface area contributed by atoms with E-state index in [1.54, 1.807) is 48.5 Å². The van der Waals surface area contributed by atoms with Crippen molar-refractivity contribution in [1.29, 1.82) is 0 Å². The van der Waals surface area contributed by atoms with E-state index >= 15 is 0 Å². The van der Waals surface area contributed by atoms with Crippen LogP contribution in [0.2, 0.25) is 0 Å². The lowest BCUT2D eigenvalue weighted by Crippen LogP contribution is -2.19. The Hall–Kier alpha value is -4.46. The molecule has 0 radical (unpaired) electrons. The number of nitrogens with one attached hydrogen (secondary N) is 2. The van der Waals surface area contributed by atoms with E-state index in [-0.39, 0.29) is 11.3 Å². The molecule has 0 aliphatic heterocycles. The van der Waals surface area contributed by atoms with Crippen LogP contribution in [0.15, 0.2) is 83.9 Å². The SMILES string of the molecule is O=C(Nc1cccc(OCc2cn3ccccc3n2)c1)c1n[nH]c(=O)c2ccccc12. The standard InChI is InChI=1S/C23H17N5O3/c29-22-19-9-2-1-8-18(19)21(26-27-22)23(30)25-15-6-5-7-17(12-15)31-14-16-13-28-11-4-3-10-20(28)24-16/h1-13H,14H2,(H,25,30)(H,27,29). The highest BCUT2D eigenvalue weighted by Crippen LogP contribution is 2.20. The number of H-pyrrole nitrogens is 1. The van der Waals surface area contributed by atoms with Gasteiger partial charge in [-0.3, -0.25) is 9.59 Å². The Labute approximate surface area is 176 Å². The van der Waals surface area contributed by atoms with Gasteiger partial charge in [0.25, 0.3) is 11.5 Å². The number of fused-ring (bicyclic) bond motifs is 2. The molecular weight excluding hydrogens is 394 g/mol. The number of ether oxygens (including phenoxy) is 1. The number of hydrogen-bond acceptors (Lipinski definition) is 5. The van der Waals surface area contributed by atoms with E-state index in [2.05, 4.69) is 20.5 Å². The largest absolute Gasteiger partial charge is 0.487 e. The maximum atomic E-state index is 12.8. The third-order valence-electron chi connectivity index (χ3n) is 4.80. The smallest absolute Gasteiger partial charge is 0.276 e. The summed E-state index contributed by atoms with van der Waals surface area (Å²) >= 11 is 0. The van der Waals surface area contributed by atoms with Crippen molar-refractivity contribution in [3.8, 4) is 5.75 Å². The van der Waals surface area contributed by atoms with E-state index in [0.29, 0.717) is 28.8 Å². The minimum Gasteiger partial charge on any atom is -0.487 e. The Bertz CT molecular complexity index is 1440. The molecule has 0 unspecified atom stereocenters. The molecule has 0 saturated heterocycles. The van der Waals surface area contributed by atoms with E-state index in [1.807, 2.05) is 35.0 Å². The summed E-state index contributed by atoms with van der Waals surface area (Å²) in [5.41, 5.74) is 2.00. The van der Waals surface area contributed by atoms with Crippen LogP contribution < -0.4 is 15.6 Å². The zero-order valence-electron chi connectivity index (χ0n) is 16.3. The number of carbonyl (C=O) groups is 1. The van der Waals surface area contributed by atoms with E-state index in [4.69, 9.17) is 4.74 Å². The van der Waals surface area contributed by atoms with Crippen LogP contribution in [0.5, 0.6) is 5.75 Å². The van der Waals surface area contributed by atoms with Gasteiger partial charge in [-0.15, -0.1) is 0 Å². The number of benzene rings is 2. The highest BCUT2D eigenvalue weighted by atomic mass is 16.5. The topological polar surface area (TPSA) is 101 Å². The van der Waals surface area contributed by atoms with Crippen LogP contribution in [0.1, 0.15) is 16.2 Å². The molecule has 2 N–H and O–H groups in total. The van der Waals surface area contributed by atoms with Gasteiger partial charge in [-0.25, -0.2) is 10.1 Å². The molecule has 8 heteroatoms. The second kappa shape index (κ2) is 7.75. The summed E-state index contributed by atoms with van der Waals surface area (Å²) in [5, 5.41) is 10.0. The van der Waals surface area contributed by atoms with Crippen LogP contribution in [0, 0.1) is 0 Å². The molecule has 0 fully saturated rings. The van der Waals surface area contributed by atoms with E-state index in [1.165, 1.54) is 0 Å². The van der Waals surface area contributed by atoms with Gasteiger partial charge in [0.15, 0.2) is 5.69 Å². The first-order chi connectivity index (χ1) is 15.2. The number of imidazole rings is 1. The fraction of sp³-hybridized carbons (Fsp3) is 0.0435. The number of anilines is 1. The molecule has 0 aliphatic rings. The highest BCUT2D eigenvalue weighted by Gasteiger charge is 2.14. The molecular formula is C23H17N5O3. The van der Waals surface area contributed by atoms with Gasteiger partial charge in [0.05, 0.1) is 11.1 Å². The Morgan fingerprint density at radius 1 is 1.03 bits per heavy atom. The van der Waals surface area contributed by atoms with E-state index < -0.39 is 5.91 Å². The molecule has 152 valence electrons. The Kier molecular flexibility index (Phi) is 4.64. The summed E-state index contributed by atoms with van der Waals surface area (Å²) in [6.45, 7) is 0.297. The molecule has 3 aromatic heterocycles. The number of rotatable bonds is 5. The molecule has 1 amide bonds. The van der Waals surface area contributed by atoms with Crippen molar-refractivity contribution >= 4 is 28.0 Å². The number of amides is 1. The summed E-state index contributed by atoms with van der Waals surface area (Å²) in [4.78, 5) is 29.2. The third kappa shape index (κ3) is 3.74. The van der Waals surface area contributed by atoms with Gasteiger partial charge in [-0.05, 0) is 30.3 Å². The predicted octanol–water partition coefficient (Wildman–Crippen LogP) is 3.40. The number of aromatic nitrogens is 4. The zero-order valence-corrected chi connectivity index (χ0v) is 16.3. The number of pyridine rings is 1. The van der Waals surface area contributed by atoms with Crippen LogP contribution in [0.25, 0.3) is 16.4 Å². The van der Waals surface area contributed by atoms with Crippen molar-refractivity contribution in [2.75, 3.05) is 5.32 Å². The van der Waals surface area contributed by atoms with Crippen molar-refractivity contribution in [1.82, 2.24) is 19.6 Å². The summed E-state index contributed by atoms with van der Waals surface area (Å²) in [6.07, 6.45) is 3.84.